The lowest BCUT2D eigenvalue weighted by molar-refractivity contribution is 0.576. The molecule has 118 valence electrons. The lowest BCUT2D eigenvalue weighted by Gasteiger charge is -2.13. The maximum atomic E-state index is 12.5. The zero-order valence-electron chi connectivity index (χ0n) is 13.0. The van der Waals surface area contributed by atoms with Gasteiger partial charge in [0.1, 0.15) is 0 Å². The largest absolute Gasteiger partial charge is 0.313 e. The van der Waals surface area contributed by atoms with E-state index in [9.17, 15) is 8.42 Å². The summed E-state index contributed by atoms with van der Waals surface area (Å²) in [4.78, 5) is 0.446. The van der Waals surface area contributed by atoms with Crippen LogP contribution in [0, 0.1) is 5.92 Å². The van der Waals surface area contributed by atoms with Crippen molar-refractivity contribution in [1.29, 1.82) is 0 Å². The number of nitrogens with one attached hydrogen (secondary N) is 2. The first-order chi connectivity index (χ1) is 10.1. The number of rotatable bonds is 9. The minimum absolute atomic E-state index is 0.446. The minimum atomic E-state index is -3.39. The molecule has 0 aromatic heterocycles. The molecule has 0 bridgehead atoms. The van der Waals surface area contributed by atoms with E-state index in [1.807, 2.05) is 25.1 Å². The number of hydrogen-bond acceptors (Lipinski definition) is 3. The maximum absolute atomic E-state index is 12.5. The first-order valence-electron chi connectivity index (χ1n) is 7.89. The molecule has 2 N–H and O–H groups in total. The van der Waals surface area contributed by atoms with Gasteiger partial charge < -0.3 is 5.32 Å². The molecule has 1 aromatic carbocycles. The first kappa shape index (κ1) is 16.5. The summed E-state index contributed by atoms with van der Waals surface area (Å²) in [7, 11) is -3.39. The van der Waals surface area contributed by atoms with Crippen molar-refractivity contribution in [3.05, 3.63) is 29.3 Å². The van der Waals surface area contributed by atoms with E-state index in [4.69, 9.17) is 0 Å². The van der Waals surface area contributed by atoms with E-state index in [0.717, 1.165) is 43.4 Å². The highest BCUT2D eigenvalue weighted by atomic mass is 32.2. The lowest BCUT2D eigenvalue weighted by atomic mass is 10.1. The Kier molecular flexibility index (Phi) is 5.79. The topological polar surface area (TPSA) is 58.2 Å². The van der Waals surface area contributed by atoms with Gasteiger partial charge in [-0.1, -0.05) is 26.0 Å². The Morgan fingerprint density at radius 2 is 2.00 bits per heavy atom. The average molecular weight is 310 g/mol. The van der Waals surface area contributed by atoms with E-state index in [2.05, 4.69) is 17.0 Å². The highest BCUT2D eigenvalue weighted by molar-refractivity contribution is 7.89. The first-order valence-corrected chi connectivity index (χ1v) is 9.37. The Labute approximate surface area is 128 Å². The van der Waals surface area contributed by atoms with Crippen LogP contribution < -0.4 is 10.0 Å². The number of aryl methyl sites for hydroxylation is 1. The summed E-state index contributed by atoms with van der Waals surface area (Å²) >= 11 is 0. The van der Waals surface area contributed by atoms with Gasteiger partial charge in [0, 0.05) is 13.1 Å². The van der Waals surface area contributed by atoms with Crippen LogP contribution in [0.15, 0.2) is 23.1 Å². The molecule has 0 unspecified atom stereocenters. The average Bonchev–Trinajstić information content (AvgIpc) is 3.30. The highest BCUT2D eigenvalue weighted by Crippen LogP contribution is 2.28. The van der Waals surface area contributed by atoms with Crippen molar-refractivity contribution in [2.45, 2.75) is 51.0 Å². The van der Waals surface area contributed by atoms with Crippen molar-refractivity contribution in [3.63, 3.8) is 0 Å². The fourth-order valence-electron chi connectivity index (χ4n) is 2.29. The molecular weight excluding hydrogens is 284 g/mol. The van der Waals surface area contributed by atoms with E-state index in [0.29, 0.717) is 23.9 Å². The van der Waals surface area contributed by atoms with Gasteiger partial charge in [-0.15, -0.1) is 0 Å². The Balaban J connectivity index is 2.15. The monoisotopic (exact) mass is 310 g/mol. The second-order valence-electron chi connectivity index (χ2n) is 5.77. The molecular formula is C16H26N2O2S. The van der Waals surface area contributed by atoms with Gasteiger partial charge in [-0.3, -0.25) is 0 Å². The molecule has 1 aliphatic carbocycles. The summed E-state index contributed by atoms with van der Waals surface area (Å²) in [6, 6.07) is 5.77. The van der Waals surface area contributed by atoms with Crippen molar-refractivity contribution >= 4 is 10.0 Å². The zero-order valence-corrected chi connectivity index (χ0v) is 13.8. The fraction of sp³-hybridized carbons (Fsp3) is 0.625. The van der Waals surface area contributed by atoms with Gasteiger partial charge in [-0.05, 0) is 55.3 Å². The summed E-state index contributed by atoms with van der Waals surface area (Å²) < 4.78 is 27.7. The van der Waals surface area contributed by atoms with Crippen LogP contribution in [0.4, 0.5) is 0 Å². The van der Waals surface area contributed by atoms with Crippen molar-refractivity contribution < 1.29 is 8.42 Å². The highest BCUT2D eigenvalue weighted by Gasteiger charge is 2.25. The molecule has 0 atom stereocenters. The summed E-state index contributed by atoms with van der Waals surface area (Å²) in [6.45, 7) is 6.33. The third-order valence-corrected chi connectivity index (χ3v) is 5.32. The van der Waals surface area contributed by atoms with Crippen LogP contribution in [-0.2, 0) is 23.0 Å². The van der Waals surface area contributed by atoms with Gasteiger partial charge in [0.25, 0.3) is 0 Å². The van der Waals surface area contributed by atoms with E-state index in [-0.39, 0.29) is 0 Å². The van der Waals surface area contributed by atoms with Crippen molar-refractivity contribution in [2.24, 2.45) is 5.92 Å². The van der Waals surface area contributed by atoms with Crippen molar-refractivity contribution in [2.75, 3.05) is 13.1 Å². The van der Waals surface area contributed by atoms with E-state index in [1.54, 1.807) is 0 Å². The van der Waals surface area contributed by atoms with Gasteiger partial charge in [-0.2, -0.15) is 0 Å². The predicted molar refractivity (Wildman–Crippen MR) is 85.7 cm³/mol. The number of sulfonamides is 1. The smallest absolute Gasteiger partial charge is 0.240 e. The molecule has 21 heavy (non-hydrogen) atoms. The molecule has 0 spiro atoms. The Hall–Kier alpha value is -0.910. The van der Waals surface area contributed by atoms with E-state index in [1.165, 1.54) is 0 Å². The molecule has 1 fully saturated rings. The van der Waals surface area contributed by atoms with Gasteiger partial charge in [0.15, 0.2) is 0 Å². The second-order valence-corrected chi connectivity index (χ2v) is 7.50. The molecule has 5 heteroatoms. The molecule has 2 rings (SSSR count). The van der Waals surface area contributed by atoms with Gasteiger partial charge in [0.2, 0.25) is 10.0 Å². The Morgan fingerprint density at radius 1 is 1.24 bits per heavy atom. The number of benzene rings is 1. The summed E-state index contributed by atoms with van der Waals surface area (Å²) in [5.41, 5.74) is 1.91. The Bertz CT molecular complexity index is 566. The van der Waals surface area contributed by atoms with E-state index >= 15 is 0 Å². The molecule has 1 aliphatic rings. The van der Waals surface area contributed by atoms with Crippen LogP contribution in [0.25, 0.3) is 0 Å². The summed E-state index contributed by atoms with van der Waals surface area (Å²) in [5.74, 6) is 0.541. The zero-order chi connectivity index (χ0) is 15.3. The molecule has 0 heterocycles. The van der Waals surface area contributed by atoms with Crippen LogP contribution in [0.1, 0.15) is 44.2 Å². The quantitative estimate of drug-likeness (QED) is 0.689. The van der Waals surface area contributed by atoms with Crippen LogP contribution in [0.2, 0.25) is 0 Å². The summed E-state index contributed by atoms with van der Waals surface area (Å²) in [6.07, 6.45) is 4.08. The Morgan fingerprint density at radius 3 is 2.62 bits per heavy atom. The molecule has 0 amide bonds. The molecule has 1 saturated carbocycles. The minimum Gasteiger partial charge on any atom is -0.313 e. The van der Waals surface area contributed by atoms with Crippen molar-refractivity contribution in [1.82, 2.24) is 10.0 Å². The lowest BCUT2D eigenvalue weighted by Crippen LogP contribution is -2.27. The van der Waals surface area contributed by atoms with Crippen molar-refractivity contribution in [3.8, 4) is 0 Å². The standard InChI is InChI=1S/C16H26N2O2S/c1-3-9-17-11-14-7-8-15(4-2)16(10-14)21(19,20)18-12-13-5-6-13/h7-8,10,13,17-18H,3-6,9,11-12H2,1-2H3. The van der Waals surface area contributed by atoms with Gasteiger partial charge >= 0.3 is 0 Å². The molecule has 0 radical (unpaired) electrons. The normalized spacial score (nSPS) is 15.3. The predicted octanol–water partition coefficient (Wildman–Crippen LogP) is 2.44. The summed E-state index contributed by atoms with van der Waals surface area (Å²) in [5, 5.41) is 3.31. The molecule has 4 nitrogen and oxygen atoms in total. The van der Waals surface area contributed by atoms with Crippen LogP contribution in [0.5, 0.6) is 0 Å². The van der Waals surface area contributed by atoms with E-state index < -0.39 is 10.0 Å². The fourth-order valence-corrected chi connectivity index (χ4v) is 3.76. The van der Waals surface area contributed by atoms with Gasteiger partial charge in [0.05, 0.1) is 4.90 Å². The van der Waals surface area contributed by atoms with Crippen LogP contribution in [-0.4, -0.2) is 21.5 Å². The van der Waals surface area contributed by atoms with Crippen LogP contribution >= 0.6 is 0 Å². The maximum Gasteiger partial charge on any atom is 0.240 e. The third-order valence-electron chi connectivity index (χ3n) is 3.82. The molecule has 1 aromatic rings. The third kappa shape index (κ3) is 4.80. The second kappa shape index (κ2) is 7.38. The van der Waals surface area contributed by atoms with Crippen LogP contribution in [0.3, 0.4) is 0 Å². The van der Waals surface area contributed by atoms with Gasteiger partial charge in [-0.25, -0.2) is 13.1 Å². The molecule has 0 saturated heterocycles. The SMILES string of the molecule is CCCNCc1ccc(CC)c(S(=O)(=O)NCC2CC2)c1. The number of hydrogen-bond donors (Lipinski definition) is 2. The molecule has 0 aliphatic heterocycles.